The molecular formula is C27H32N2O5. The zero-order valence-corrected chi connectivity index (χ0v) is 19.8. The van der Waals surface area contributed by atoms with E-state index in [-0.39, 0.29) is 17.4 Å². The van der Waals surface area contributed by atoms with Gasteiger partial charge in [-0.05, 0) is 50.1 Å². The van der Waals surface area contributed by atoms with Gasteiger partial charge in [0.1, 0.15) is 11.5 Å². The number of ketones is 1. The van der Waals surface area contributed by atoms with E-state index in [2.05, 4.69) is 4.90 Å². The number of morpholine rings is 1. The molecule has 0 aromatic heterocycles. The highest BCUT2D eigenvalue weighted by molar-refractivity contribution is 6.46. The highest BCUT2D eigenvalue weighted by Gasteiger charge is 2.45. The van der Waals surface area contributed by atoms with Gasteiger partial charge in [-0.3, -0.25) is 14.5 Å². The molecule has 2 fully saturated rings. The van der Waals surface area contributed by atoms with Gasteiger partial charge in [-0.1, -0.05) is 30.3 Å². The monoisotopic (exact) mass is 464 g/mol. The van der Waals surface area contributed by atoms with Crippen LogP contribution in [0.3, 0.4) is 0 Å². The van der Waals surface area contributed by atoms with Gasteiger partial charge >= 0.3 is 0 Å². The van der Waals surface area contributed by atoms with Crippen LogP contribution in [0.5, 0.6) is 5.75 Å². The lowest BCUT2D eigenvalue weighted by molar-refractivity contribution is -0.140. The number of carbonyl (C=O) groups is 2. The van der Waals surface area contributed by atoms with Crippen molar-refractivity contribution in [3.8, 4) is 5.75 Å². The standard InChI is InChI=1S/C27H32N2O5/c1-19(2)34-22-11-9-21(10-12-22)25(30)23-24(20-7-4-3-5-8-20)29(27(32)26(23)31)14-6-13-28-15-17-33-18-16-28/h3-5,7-12,19,24,30H,6,13-18H2,1-2H3/b25-23+/t24-/m0/s1. The summed E-state index contributed by atoms with van der Waals surface area (Å²) in [5.41, 5.74) is 1.40. The number of nitrogens with zero attached hydrogens (tertiary/aromatic N) is 2. The second-order valence-electron chi connectivity index (χ2n) is 8.90. The molecular weight excluding hydrogens is 432 g/mol. The molecule has 1 N–H and O–H groups in total. The Balaban J connectivity index is 1.62. The third kappa shape index (κ3) is 5.32. The van der Waals surface area contributed by atoms with E-state index < -0.39 is 17.7 Å². The Labute approximate surface area is 200 Å². The first-order valence-electron chi connectivity index (χ1n) is 11.9. The first-order chi connectivity index (χ1) is 16.5. The van der Waals surface area contributed by atoms with Crippen LogP contribution in [0.1, 0.15) is 37.4 Å². The molecule has 0 bridgehead atoms. The van der Waals surface area contributed by atoms with Gasteiger partial charge in [0.05, 0.1) is 30.9 Å². The maximum atomic E-state index is 13.1. The normalized spacial score (nSPS) is 20.8. The lowest BCUT2D eigenvalue weighted by Gasteiger charge is -2.29. The maximum Gasteiger partial charge on any atom is 0.295 e. The minimum atomic E-state index is -0.653. The molecule has 2 aliphatic rings. The van der Waals surface area contributed by atoms with E-state index in [1.165, 1.54) is 0 Å². The summed E-state index contributed by atoms with van der Waals surface area (Å²) in [6.45, 7) is 8.31. The highest BCUT2D eigenvalue weighted by Crippen LogP contribution is 2.39. The zero-order chi connectivity index (χ0) is 24.1. The van der Waals surface area contributed by atoms with Crippen LogP contribution in [0, 0.1) is 0 Å². The summed E-state index contributed by atoms with van der Waals surface area (Å²) in [6, 6.07) is 15.7. The molecule has 2 aromatic rings. The Kier molecular flexibility index (Phi) is 7.65. The van der Waals surface area contributed by atoms with Crippen molar-refractivity contribution in [3.63, 3.8) is 0 Å². The second-order valence-corrected chi connectivity index (χ2v) is 8.90. The van der Waals surface area contributed by atoms with Gasteiger partial charge in [0.25, 0.3) is 11.7 Å². The average molecular weight is 465 g/mol. The molecule has 1 atom stereocenters. The van der Waals surface area contributed by atoms with Gasteiger partial charge in [0.2, 0.25) is 0 Å². The van der Waals surface area contributed by atoms with E-state index in [0.29, 0.717) is 17.9 Å². The fraction of sp³-hybridized carbons (Fsp3) is 0.407. The number of aliphatic hydroxyl groups excluding tert-OH is 1. The van der Waals surface area contributed by atoms with Gasteiger partial charge in [-0.15, -0.1) is 0 Å². The molecule has 4 rings (SSSR count). The van der Waals surface area contributed by atoms with Crippen molar-refractivity contribution >= 4 is 17.4 Å². The molecule has 2 heterocycles. The van der Waals surface area contributed by atoms with Crippen LogP contribution in [-0.4, -0.2) is 72.1 Å². The maximum absolute atomic E-state index is 13.1. The lowest BCUT2D eigenvalue weighted by Crippen LogP contribution is -2.38. The first-order valence-corrected chi connectivity index (χ1v) is 11.9. The zero-order valence-electron chi connectivity index (χ0n) is 19.8. The average Bonchev–Trinajstić information content (AvgIpc) is 3.10. The first kappa shape index (κ1) is 24.0. The Morgan fingerprint density at radius 2 is 1.71 bits per heavy atom. The third-order valence-corrected chi connectivity index (χ3v) is 6.13. The number of benzene rings is 2. The van der Waals surface area contributed by atoms with Gasteiger partial charge in [-0.2, -0.15) is 0 Å². The van der Waals surface area contributed by atoms with E-state index >= 15 is 0 Å². The van der Waals surface area contributed by atoms with Crippen LogP contribution >= 0.6 is 0 Å². The molecule has 0 radical (unpaired) electrons. The molecule has 34 heavy (non-hydrogen) atoms. The minimum Gasteiger partial charge on any atom is -0.507 e. The smallest absolute Gasteiger partial charge is 0.295 e. The molecule has 7 nitrogen and oxygen atoms in total. The fourth-order valence-electron chi connectivity index (χ4n) is 4.50. The predicted octanol–water partition coefficient (Wildman–Crippen LogP) is 3.62. The van der Waals surface area contributed by atoms with Crippen LogP contribution in [0.25, 0.3) is 5.76 Å². The van der Waals surface area contributed by atoms with Crippen LogP contribution in [0.2, 0.25) is 0 Å². The van der Waals surface area contributed by atoms with Crippen LogP contribution in [0.4, 0.5) is 0 Å². The van der Waals surface area contributed by atoms with Gasteiger partial charge in [0, 0.05) is 31.7 Å². The Hall–Kier alpha value is -3.16. The summed E-state index contributed by atoms with van der Waals surface area (Å²) in [6.07, 6.45) is 0.762. The second kappa shape index (κ2) is 10.8. The summed E-state index contributed by atoms with van der Waals surface area (Å²) >= 11 is 0. The molecule has 2 aliphatic heterocycles. The molecule has 2 saturated heterocycles. The van der Waals surface area contributed by atoms with Crippen molar-refractivity contribution in [2.24, 2.45) is 0 Å². The Morgan fingerprint density at radius 3 is 2.35 bits per heavy atom. The van der Waals surface area contributed by atoms with E-state index in [1.807, 2.05) is 44.2 Å². The van der Waals surface area contributed by atoms with Crippen LogP contribution < -0.4 is 4.74 Å². The number of rotatable bonds is 8. The van der Waals surface area contributed by atoms with Crippen molar-refractivity contribution in [3.05, 3.63) is 71.3 Å². The fourth-order valence-corrected chi connectivity index (χ4v) is 4.50. The SMILES string of the molecule is CC(C)Oc1ccc(/C(O)=C2\C(=O)C(=O)N(CCCN3CCOCC3)[C@H]2c2ccccc2)cc1. The Bertz CT molecular complexity index is 1030. The summed E-state index contributed by atoms with van der Waals surface area (Å²) in [7, 11) is 0. The van der Waals surface area contributed by atoms with Gasteiger partial charge in [-0.25, -0.2) is 0 Å². The number of ether oxygens (including phenoxy) is 2. The molecule has 0 spiro atoms. The molecule has 1 amide bonds. The van der Waals surface area contributed by atoms with E-state index in [4.69, 9.17) is 9.47 Å². The summed E-state index contributed by atoms with van der Waals surface area (Å²) in [5, 5.41) is 11.2. The lowest BCUT2D eigenvalue weighted by atomic mass is 9.95. The van der Waals surface area contributed by atoms with Crippen molar-refractivity contribution in [1.29, 1.82) is 0 Å². The van der Waals surface area contributed by atoms with Crippen molar-refractivity contribution in [1.82, 2.24) is 9.80 Å². The van der Waals surface area contributed by atoms with Crippen molar-refractivity contribution in [2.75, 3.05) is 39.4 Å². The van der Waals surface area contributed by atoms with Gasteiger partial charge < -0.3 is 19.5 Å². The van der Waals surface area contributed by atoms with E-state index in [0.717, 1.165) is 44.8 Å². The molecule has 180 valence electrons. The summed E-state index contributed by atoms with van der Waals surface area (Å²) in [5.74, 6) is -0.717. The highest BCUT2D eigenvalue weighted by atomic mass is 16.5. The van der Waals surface area contributed by atoms with Crippen LogP contribution in [0.15, 0.2) is 60.2 Å². The van der Waals surface area contributed by atoms with Crippen molar-refractivity contribution < 1.29 is 24.2 Å². The summed E-state index contributed by atoms with van der Waals surface area (Å²) in [4.78, 5) is 30.1. The quantitative estimate of drug-likeness (QED) is 0.365. The number of carbonyl (C=O) groups excluding carboxylic acids is 2. The molecule has 2 aromatic carbocycles. The number of hydrogen-bond acceptors (Lipinski definition) is 6. The number of aliphatic hydroxyl groups is 1. The topological polar surface area (TPSA) is 79.3 Å². The number of hydrogen-bond donors (Lipinski definition) is 1. The molecule has 7 heteroatoms. The van der Waals surface area contributed by atoms with Crippen molar-refractivity contribution in [2.45, 2.75) is 32.4 Å². The molecule has 0 saturated carbocycles. The largest absolute Gasteiger partial charge is 0.507 e. The van der Waals surface area contributed by atoms with E-state index in [1.54, 1.807) is 29.2 Å². The van der Waals surface area contributed by atoms with Gasteiger partial charge in [0.15, 0.2) is 0 Å². The third-order valence-electron chi connectivity index (χ3n) is 6.13. The molecule has 0 aliphatic carbocycles. The number of likely N-dealkylation sites (tertiary alicyclic amines) is 1. The minimum absolute atomic E-state index is 0.0281. The predicted molar refractivity (Wildman–Crippen MR) is 130 cm³/mol. The number of amides is 1. The summed E-state index contributed by atoms with van der Waals surface area (Å²) < 4.78 is 11.1. The van der Waals surface area contributed by atoms with Crippen LogP contribution in [-0.2, 0) is 14.3 Å². The Morgan fingerprint density at radius 1 is 1.03 bits per heavy atom. The number of Topliss-reactive ketones (excluding diaryl/α,β-unsaturated/α-hetero) is 1. The molecule has 0 unspecified atom stereocenters. The van der Waals surface area contributed by atoms with E-state index in [9.17, 15) is 14.7 Å².